The van der Waals surface area contributed by atoms with Gasteiger partial charge in [-0.05, 0) is 39.8 Å². The Bertz CT molecular complexity index is 352. The number of thioether (sulfide) groups is 1. The maximum Gasteiger partial charge on any atom is 0.118 e. The molecule has 1 rings (SSSR count). The normalized spacial score (nSPS) is 13.2. The first kappa shape index (κ1) is 15.6. The molecule has 0 saturated carbocycles. The highest BCUT2D eigenvalue weighted by molar-refractivity contribution is 7.98. The Morgan fingerprint density at radius 1 is 1.50 bits per heavy atom. The van der Waals surface area contributed by atoms with E-state index in [9.17, 15) is 0 Å². The van der Waals surface area contributed by atoms with Crippen LogP contribution >= 0.6 is 11.8 Å². The van der Waals surface area contributed by atoms with Crippen LogP contribution in [-0.2, 0) is 13.1 Å². The zero-order valence-corrected chi connectivity index (χ0v) is 13.1. The summed E-state index contributed by atoms with van der Waals surface area (Å²) in [7, 11) is 2.18. The Morgan fingerprint density at radius 3 is 2.83 bits per heavy atom. The molecule has 0 radical (unpaired) electrons. The minimum Gasteiger partial charge on any atom is -0.465 e. The lowest BCUT2D eigenvalue weighted by molar-refractivity contribution is 0.268. The monoisotopic (exact) mass is 270 g/mol. The van der Waals surface area contributed by atoms with E-state index in [2.05, 4.69) is 50.4 Å². The summed E-state index contributed by atoms with van der Waals surface area (Å²) in [4.78, 5) is 2.38. The Balaban J connectivity index is 2.58. The molecule has 0 aliphatic carbocycles. The first-order valence-corrected chi connectivity index (χ1v) is 7.95. The highest BCUT2D eigenvalue weighted by Crippen LogP contribution is 2.17. The highest BCUT2D eigenvalue weighted by Gasteiger charge is 2.13. The summed E-state index contributed by atoms with van der Waals surface area (Å²) >= 11 is 1.89. The molecule has 0 aromatic carbocycles. The lowest BCUT2D eigenvalue weighted by Crippen LogP contribution is -2.30. The molecule has 104 valence electrons. The van der Waals surface area contributed by atoms with Crippen molar-refractivity contribution < 1.29 is 4.42 Å². The van der Waals surface area contributed by atoms with E-state index >= 15 is 0 Å². The number of hydrogen-bond donors (Lipinski definition) is 1. The number of rotatable bonds is 8. The van der Waals surface area contributed by atoms with Gasteiger partial charge >= 0.3 is 0 Å². The minimum absolute atomic E-state index is 0.589. The average Bonchev–Trinajstić information content (AvgIpc) is 2.67. The number of nitrogens with zero attached hydrogens (tertiary/aromatic N) is 1. The van der Waals surface area contributed by atoms with Crippen molar-refractivity contribution in [2.75, 3.05) is 25.6 Å². The number of aryl methyl sites for hydroxylation is 1. The van der Waals surface area contributed by atoms with Crippen molar-refractivity contribution in [3.8, 4) is 0 Å². The van der Waals surface area contributed by atoms with Gasteiger partial charge in [0.2, 0.25) is 0 Å². The van der Waals surface area contributed by atoms with Crippen LogP contribution in [0.2, 0.25) is 0 Å². The van der Waals surface area contributed by atoms with Gasteiger partial charge in [-0.15, -0.1) is 0 Å². The molecule has 0 amide bonds. The first-order valence-electron chi connectivity index (χ1n) is 6.56. The summed E-state index contributed by atoms with van der Waals surface area (Å²) in [5.74, 6) is 3.25. The topological polar surface area (TPSA) is 28.4 Å². The Labute approximate surface area is 115 Å². The van der Waals surface area contributed by atoms with E-state index in [1.807, 2.05) is 11.8 Å². The SMILES string of the molecule is CCNCc1cc(CN(C)C(C)CSC)c(C)o1. The van der Waals surface area contributed by atoms with Gasteiger partial charge < -0.3 is 9.73 Å². The second kappa shape index (κ2) is 7.87. The lowest BCUT2D eigenvalue weighted by Gasteiger charge is -2.23. The van der Waals surface area contributed by atoms with Crippen LogP contribution < -0.4 is 5.32 Å². The van der Waals surface area contributed by atoms with Gasteiger partial charge in [-0.25, -0.2) is 0 Å². The van der Waals surface area contributed by atoms with Crippen molar-refractivity contribution in [3.05, 3.63) is 23.2 Å². The molecule has 1 unspecified atom stereocenters. The fourth-order valence-electron chi connectivity index (χ4n) is 1.87. The average molecular weight is 270 g/mol. The van der Waals surface area contributed by atoms with Crippen LogP contribution in [0.5, 0.6) is 0 Å². The molecule has 4 heteroatoms. The Kier molecular flexibility index (Phi) is 6.82. The van der Waals surface area contributed by atoms with E-state index in [1.165, 1.54) is 5.56 Å². The molecule has 1 aromatic rings. The molecule has 0 bridgehead atoms. The predicted octanol–water partition coefficient (Wildman–Crippen LogP) is 2.88. The van der Waals surface area contributed by atoms with Gasteiger partial charge in [0.05, 0.1) is 6.54 Å². The molecule has 0 aliphatic heterocycles. The third kappa shape index (κ3) is 4.67. The van der Waals surface area contributed by atoms with Crippen molar-refractivity contribution in [2.24, 2.45) is 0 Å². The van der Waals surface area contributed by atoms with E-state index in [4.69, 9.17) is 4.42 Å². The van der Waals surface area contributed by atoms with E-state index < -0.39 is 0 Å². The van der Waals surface area contributed by atoms with Crippen LogP contribution in [0.1, 0.15) is 30.9 Å². The van der Waals surface area contributed by atoms with Gasteiger partial charge in [0.25, 0.3) is 0 Å². The van der Waals surface area contributed by atoms with Crippen molar-refractivity contribution in [1.29, 1.82) is 0 Å². The first-order chi connectivity index (χ1) is 8.58. The Morgan fingerprint density at radius 2 is 2.22 bits per heavy atom. The molecule has 0 fully saturated rings. The van der Waals surface area contributed by atoms with Crippen LogP contribution in [0.4, 0.5) is 0 Å². The van der Waals surface area contributed by atoms with Gasteiger partial charge in [-0.2, -0.15) is 11.8 Å². The second-order valence-corrected chi connectivity index (χ2v) is 5.70. The van der Waals surface area contributed by atoms with E-state index in [-0.39, 0.29) is 0 Å². The highest BCUT2D eigenvalue weighted by atomic mass is 32.2. The largest absolute Gasteiger partial charge is 0.465 e. The van der Waals surface area contributed by atoms with Crippen LogP contribution in [-0.4, -0.2) is 36.5 Å². The van der Waals surface area contributed by atoms with E-state index in [0.29, 0.717) is 6.04 Å². The molecule has 0 saturated heterocycles. The zero-order chi connectivity index (χ0) is 13.5. The maximum atomic E-state index is 5.76. The van der Waals surface area contributed by atoms with Crippen molar-refractivity contribution in [1.82, 2.24) is 10.2 Å². The maximum absolute atomic E-state index is 5.76. The minimum atomic E-state index is 0.589. The molecular weight excluding hydrogens is 244 g/mol. The molecule has 18 heavy (non-hydrogen) atoms. The smallest absolute Gasteiger partial charge is 0.118 e. The number of hydrogen-bond acceptors (Lipinski definition) is 4. The fourth-order valence-corrected chi connectivity index (χ4v) is 2.61. The van der Waals surface area contributed by atoms with Gasteiger partial charge in [0.1, 0.15) is 11.5 Å². The van der Waals surface area contributed by atoms with Gasteiger partial charge in [0, 0.05) is 23.9 Å². The molecule has 0 aliphatic rings. The summed E-state index contributed by atoms with van der Waals surface area (Å²) in [6.07, 6.45) is 2.15. The quantitative estimate of drug-likeness (QED) is 0.786. The molecule has 0 spiro atoms. The molecule has 1 N–H and O–H groups in total. The van der Waals surface area contributed by atoms with Crippen molar-refractivity contribution >= 4 is 11.8 Å². The van der Waals surface area contributed by atoms with Gasteiger partial charge in [-0.1, -0.05) is 6.92 Å². The third-order valence-corrected chi connectivity index (χ3v) is 4.02. The number of nitrogens with one attached hydrogen (secondary N) is 1. The van der Waals surface area contributed by atoms with Gasteiger partial charge in [0.15, 0.2) is 0 Å². The predicted molar refractivity (Wildman–Crippen MR) is 80.1 cm³/mol. The van der Waals surface area contributed by atoms with E-state index in [0.717, 1.165) is 36.9 Å². The fraction of sp³-hybridized carbons (Fsp3) is 0.714. The van der Waals surface area contributed by atoms with Crippen molar-refractivity contribution in [2.45, 2.75) is 39.9 Å². The summed E-state index contributed by atoms with van der Waals surface area (Å²) < 4.78 is 5.76. The van der Waals surface area contributed by atoms with Crippen LogP contribution in [0.3, 0.4) is 0 Å². The Hall–Kier alpha value is -0.450. The van der Waals surface area contributed by atoms with Crippen LogP contribution in [0.25, 0.3) is 0 Å². The lowest BCUT2D eigenvalue weighted by atomic mass is 10.2. The second-order valence-electron chi connectivity index (χ2n) is 4.79. The molecule has 1 heterocycles. The van der Waals surface area contributed by atoms with E-state index in [1.54, 1.807) is 0 Å². The number of furan rings is 1. The molecule has 1 atom stereocenters. The summed E-state index contributed by atoms with van der Waals surface area (Å²) in [6.45, 7) is 9.18. The summed E-state index contributed by atoms with van der Waals surface area (Å²) in [6, 6.07) is 2.77. The van der Waals surface area contributed by atoms with Crippen molar-refractivity contribution in [3.63, 3.8) is 0 Å². The standard InChI is InChI=1S/C14H26N2OS/c1-6-15-8-14-7-13(12(3)17-14)9-16(4)11(2)10-18-5/h7,11,15H,6,8-10H2,1-5H3. The van der Waals surface area contributed by atoms with Crippen LogP contribution in [0.15, 0.2) is 10.5 Å². The summed E-state index contributed by atoms with van der Waals surface area (Å²) in [5, 5.41) is 3.29. The zero-order valence-electron chi connectivity index (χ0n) is 12.2. The van der Waals surface area contributed by atoms with Crippen LogP contribution in [0, 0.1) is 6.92 Å². The third-order valence-electron chi connectivity index (χ3n) is 3.20. The van der Waals surface area contributed by atoms with Gasteiger partial charge in [-0.3, -0.25) is 4.90 Å². The molecule has 3 nitrogen and oxygen atoms in total. The molecular formula is C14H26N2OS. The summed E-state index contributed by atoms with van der Waals surface area (Å²) in [5.41, 5.74) is 1.30. The molecule has 1 aromatic heterocycles.